The van der Waals surface area contributed by atoms with E-state index in [1.165, 1.54) is 4.90 Å². The molecule has 0 saturated carbocycles. The molecule has 0 saturated heterocycles. The third-order valence-electron chi connectivity index (χ3n) is 3.51. The molecule has 0 atom stereocenters. The quantitative estimate of drug-likeness (QED) is 0.598. The molecule has 0 aliphatic carbocycles. The number of unbranched alkanes of at least 4 members (excludes halogenated alkanes) is 2. The highest BCUT2D eigenvalue weighted by molar-refractivity contribution is 5.94. The molecule has 0 aliphatic rings. The minimum atomic E-state index is -0.537. The number of nitrogens with two attached hydrogens (primary N) is 1. The van der Waals surface area contributed by atoms with E-state index in [0.29, 0.717) is 25.1 Å². The first kappa shape index (κ1) is 19.5. The van der Waals surface area contributed by atoms with Gasteiger partial charge in [-0.25, -0.2) is 4.79 Å². The van der Waals surface area contributed by atoms with Crippen molar-refractivity contribution in [2.24, 2.45) is 5.73 Å². The summed E-state index contributed by atoms with van der Waals surface area (Å²) in [7, 11) is 1.62. The van der Waals surface area contributed by atoms with E-state index >= 15 is 0 Å². The van der Waals surface area contributed by atoms with Crippen LogP contribution in [0.4, 0.5) is 10.5 Å². The van der Waals surface area contributed by atoms with Crippen LogP contribution in [0.25, 0.3) is 0 Å². The predicted octanol–water partition coefficient (Wildman–Crippen LogP) is 1.62. The van der Waals surface area contributed by atoms with Crippen LogP contribution in [0.5, 0.6) is 0 Å². The summed E-state index contributed by atoms with van der Waals surface area (Å²) in [5, 5.41) is 5.26. The van der Waals surface area contributed by atoms with Crippen LogP contribution >= 0.6 is 0 Å². The Balaban J connectivity index is 2.21. The van der Waals surface area contributed by atoms with E-state index in [1.54, 1.807) is 7.05 Å². The lowest BCUT2D eigenvalue weighted by atomic mass is 10.2. The summed E-state index contributed by atoms with van der Waals surface area (Å²) in [5.74, 6) is -0.294. The first-order valence-corrected chi connectivity index (χ1v) is 8.02. The molecule has 0 bridgehead atoms. The lowest BCUT2D eigenvalue weighted by Crippen LogP contribution is -2.34. The number of benzene rings is 1. The molecule has 0 heterocycles. The van der Waals surface area contributed by atoms with Gasteiger partial charge in [-0.05, 0) is 31.9 Å². The fourth-order valence-electron chi connectivity index (χ4n) is 2.12. The Hall–Kier alpha value is -2.57. The molecule has 0 fully saturated rings. The highest BCUT2D eigenvalue weighted by Gasteiger charge is 2.12. The molecule has 24 heavy (non-hydrogen) atoms. The van der Waals surface area contributed by atoms with Gasteiger partial charge in [0.2, 0.25) is 11.8 Å². The minimum absolute atomic E-state index is 0.0238. The van der Waals surface area contributed by atoms with Gasteiger partial charge in [0, 0.05) is 25.7 Å². The Morgan fingerprint density at radius 2 is 1.75 bits per heavy atom. The van der Waals surface area contributed by atoms with Crippen LogP contribution in [0.1, 0.15) is 31.2 Å². The van der Waals surface area contributed by atoms with Crippen molar-refractivity contribution in [2.75, 3.05) is 25.5 Å². The topological polar surface area (TPSA) is 105 Å². The van der Waals surface area contributed by atoms with Crippen molar-refractivity contribution in [1.82, 2.24) is 10.2 Å². The molecule has 0 spiro atoms. The van der Waals surface area contributed by atoms with Gasteiger partial charge < -0.3 is 21.3 Å². The Morgan fingerprint density at radius 3 is 2.38 bits per heavy atom. The summed E-state index contributed by atoms with van der Waals surface area (Å²) in [6, 6.07) is 6.95. The van der Waals surface area contributed by atoms with Crippen LogP contribution in [0.3, 0.4) is 0 Å². The van der Waals surface area contributed by atoms with Gasteiger partial charge in [0.25, 0.3) is 0 Å². The molecule has 0 unspecified atom stereocenters. The molecular formula is C17H26N4O3. The number of urea groups is 1. The van der Waals surface area contributed by atoms with E-state index in [0.717, 1.165) is 18.4 Å². The first-order chi connectivity index (χ1) is 11.4. The van der Waals surface area contributed by atoms with Crippen LogP contribution in [0.2, 0.25) is 0 Å². The molecule has 1 aromatic rings. The van der Waals surface area contributed by atoms with E-state index in [2.05, 4.69) is 10.6 Å². The van der Waals surface area contributed by atoms with Crippen molar-refractivity contribution in [3.05, 3.63) is 29.8 Å². The van der Waals surface area contributed by atoms with Gasteiger partial charge >= 0.3 is 6.03 Å². The van der Waals surface area contributed by atoms with Gasteiger partial charge in [0.05, 0.1) is 6.54 Å². The molecule has 7 nitrogen and oxygen atoms in total. The fourth-order valence-corrected chi connectivity index (χ4v) is 2.12. The molecule has 7 heteroatoms. The normalized spacial score (nSPS) is 10.1. The van der Waals surface area contributed by atoms with Gasteiger partial charge in [-0.15, -0.1) is 0 Å². The van der Waals surface area contributed by atoms with Gasteiger partial charge in [0.1, 0.15) is 0 Å². The zero-order valence-electron chi connectivity index (χ0n) is 14.3. The molecule has 4 amide bonds. The monoisotopic (exact) mass is 334 g/mol. The summed E-state index contributed by atoms with van der Waals surface area (Å²) >= 11 is 0. The Morgan fingerprint density at radius 1 is 1.08 bits per heavy atom. The molecular weight excluding hydrogens is 308 g/mol. The van der Waals surface area contributed by atoms with E-state index in [1.807, 2.05) is 31.2 Å². The minimum Gasteiger partial charge on any atom is -0.352 e. The van der Waals surface area contributed by atoms with E-state index < -0.39 is 6.03 Å². The van der Waals surface area contributed by atoms with Crippen LogP contribution in [0.15, 0.2) is 24.3 Å². The molecule has 132 valence electrons. The highest BCUT2D eigenvalue weighted by Crippen LogP contribution is 2.08. The molecule has 0 radical (unpaired) electrons. The third-order valence-corrected chi connectivity index (χ3v) is 3.51. The van der Waals surface area contributed by atoms with Crippen molar-refractivity contribution in [3.8, 4) is 0 Å². The molecule has 0 aliphatic heterocycles. The average molecular weight is 334 g/mol. The molecule has 4 N–H and O–H groups in total. The first-order valence-electron chi connectivity index (χ1n) is 8.02. The lowest BCUT2D eigenvalue weighted by Gasteiger charge is -2.17. The number of nitrogens with one attached hydrogen (secondary N) is 2. The second-order valence-electron chi connectivity index (χ2n) is 5.77. The fraction of sp³-hybridized carbons (Fsp3) is 0.471. The summed E-state index contributed by atoms with van der Waals surface area (Å²) in [6.45, 7) is 2.51. The number of nitrogens with zero attached hydrogens (tertiary/aromatic N) is 1. The third kappa shape index (κ3) is 8.17. The zero-order valence-corrected chi connectivity index (χ0v) is 14.3. The number of carbonyl (C=O) groups is 3. The van der Waals surface area contributed by atoms with Crippen molar-refractivity contribution < 1.29 is 14.4 Å². The van der Waals surface area contributed by atoms with Crippen LogP contribution in [0, 0.1) is 6.92 Å². The summed E-state index contributed by atoms with van der Waals surface area (Å²) in [5.41, 5.74) is 6.79. The Bertz CT molecular complexity index is 557. The van der Waals surface area contributed by atoms with Crippen molar-refractivity contribution in [1.29, 1.82) is 0 Å². The summed E-state index contributed by atoms with van der Waals surface area (Å²) < 4.78 is 0. The zero-order chi connectivity index (χ0) is 17.9. The number of rotatable bonds is 9. The van der Waals surface area contributed by atoms with Crippen molar-refractivity contribution in [2.45, 2.75) is 32.6 Å². The number of carbonyl (C=O) groups excluding carboxylic acids is 3. The largest absolute Gasteiger partial charge is 0.352 e. The molecule has 0 aromatic heterocycles. The summed E-state index contributed by atoms with van der Waals surface area (Å²) in [4.78, 5) is 35.8. The second kappa shape index (κ2) is 10.3. The molecule has 1 rings (SSSR count). The second-order valence-corrected chi connectivity index (χ2v) is 5.77. The summed E-state index contributed by atoms with van der Waals surface area (Å²) in [6.07, 6.45) is 2.68. The molecule has 1 aromatic carbocycles. The van der Waals surface area contributed by atoms with Crippen molar-refractivity contribution >= 4 is 23.5 Å². The van der Waals surface area contributed by atoms with Gasteiger partial charge in [-0.1, -0.05) is 24.1 Å². The van der Waals surface area contributed by atoms with Crippen molar-refractivity contribution in [3.63, 3.8) is 0 Å². The van der Waals surface area contributed by atoms with Gasteiger partial charge in [-0.3, -0.25) is 9.59 Å². The predicted molar refractivity (Wildman–Crippen MR) is 93.5 cm³/mol. The number of hydrogen-bond acceptors (Lipinski definition) is 3. The van der Waals surface area contributed by atoms with Crippen LogP contribution in [-0.4, -0.2) is 42.9 Å². The number of likely N-dealkylation sites (N-methyl/N-ethyl adjacent to an activating group) is 1. The number of aryl methyl sites for hydroxylation is 1. The average Bonchev–Trinajstić information content (AvgIpc) is 2.52. The number of anilines is 1. The standard InChI is InChI=1S/C17H26N4O3/c1-13-7-9-14(10-8-13)20-15(22)12-21(2)16(23)6-4-3-5-11-19-17(18)24/h7-10H,3-6,11-12H2,1-2H3,(H,20,22)(H3,18,19,24). The van der Waals surface area contributed by atoms with E-state index in [-0.39, 0.29) is 18.4 Å². The van der Waals surface area contributed by atoms with Gasteiger partial charge in [-0.2, -0.15) is 0 Å². The van der Waals surface area contributed by atoms with E-state index in [9.17, 15) is 14.4 Å². The lowest BCUT2D eigenvalue weighted by molar-refractivity contribution is -0.133. The van der Waals surface area contributed by atoms with Gasteiger partial charge in [0.15, 0.2) is 0 Å². The number of primary amides is 1. The highest BCUT2D eigenvalue weighted by atomic mass is 16.2. The Labute approximate surface area is 142 Å². The SMILES string of the molecule is Cc1ccc(NC(=O)CN(C)C(=O)CCCCCNC(N)=O)cc1. The van der Waals surface area contributed by atoms with E-state index in [4.69, 9.17) is 5.73 Å². The number of hydrogen-bond donors (Lipinski definition) is 3. The maximum Gasteiger partial charge on any atom is 0.312 e. The number of amides is 4. The maximum absolute atomic E-state index is 12.0. The van der Waals surface area contributed by atoms with Crippen LogP contribution in [-0.2, 0) is 9.59 Å². The maximum atomic E-state index is 12.0. The Kier molecular flexibility index (Phi) is 8.32. The van der Waals surface area contributed by atoms with Crippen LogP contribution < -0.4 is 16.4 Å². The smallest absolute Gasteiger partial charge is 0.312 e.